The average Bonchev–Trinajstić information content (AvgIpc) is 3.28. The molecule has 3 aliphatic heterocycles. The lowest BCUT2D eigenvalue weighted by Gasteiger charge is -2.41. The lowest BCUT2D eigenvalue weighted by Crippen LogP contribution is -2.50. The van der Waals surface area contributed by atoms with Crippen LogP contribution in [0.4, 0.5) is 0 Å². The lowest BCUT2D eigenvalue weighted by atomic mass is 9.92. The Morgan fingerprint density at radius 1 is 1.00 bits per heavy atom. The maximum absolute atomic E-state index is 12.5. The zero-order valence-electron chi connectivity index (χ0n) is 17.8. The first-order valence-electron chi connectivity index (χ1n) is 11.8. The van der Waals surface area contributed by atoms with E-state index in [2.05, 4.69) is 50.8 Å². The van der Waals surface area contributed by atoms with Gasteiger partial charge in [-0.25, -0.2) is 0 Å². The Balaban J connectivity index is 1.11. The molecule has 160 valence electrons. The summed E-state index contributed by atoms with van der Waals surface area (Å²) in [5.41, 5.74) is 1.46. The van der Waals surface area contributed by atoms with Gasteiger partial charge in [0.25, 0.3) is 0 Å². The monoisotopic (exact) mass is 398 g/mol. The molecule has 1 atom stereocenters. The van der Waals surface area contributed by atoms with E-state index in [0.29, 0.717) is 11.9 Å². The molecule has 1 aromatic carbocycles. The van der Waals surface area contributed by atoms with Gasteiger partial charge in [-0.05, 0) is 89.8 Å². The van der Waals surface area contributed by atoms with Gasteiger partial charge in [0.2, 0.25) is 5.91 Å². The molecule has 3 aliphatic rings. The third-order valence-corrected chi connectivity index (χ3v) is 7.16. The van der Waals surface area contributed by atoms with E-state index in [1.165, 1.54) is 50.9 Å². The van der Waals surface area contributed by atoms with Crippen molar-refractivity contribution in [1.29, 1.82) is 0 Å². The molecule has 5 heteroatoms. The van der Waals surface area contributed by atoms with E-state index in [1.807, 2.05) is 0 Å². The van der Waals surface area contributed by atoms with Crippen molar-refractivity contribution in [3.8, 4) is 0 Å². The molecule has 3 fully saturated rings. The minimum atomic E-state index is 0.227. The molecule has 0 spiro atoms. The number of carbonyl (C=O) groups is 1. The number of nitrogens with one attached hydrogen (secondary N) is 2. The first-order chi connectivity index (χ1) is 14.3. The summed E-state index contributed by atoms with van der Waals surface area (Å²) in [5.74, 6) is 0.525. The van der Waals surface area contributed by atoms with Gasteiger partial charge < -0.3 is 20.4 Å². The van der Waals surface area contributed by atoms with Crippen LogP contribution in [-0.4, -0.2) is 73.6 Å². The molecule has 29 heavy (non-hydrogen) atoms. The van der Waals surface area contributed by atoms with Gasteiger partial charge in [-0.3, -0.25) is 4.79 Å². The van der Waals surface area contributed by atoms with Crippen LogP contribution >= 0.6 is 0 Å². The van der Waals surface area contributed by atoms with E-state index in [9.17, 15) is 4.79 Å². The van der Waals surface area contributed by atoms with Crippen molar-refractivity contribution in [2.75, 3.05) is 45.8 Å². The molecule has 1 amide bonds. The fourth-order valence-corrected chi connectivity index (χ4v) is 5.28. The number of amides is 1. The number of nitrogens with zero attached hydrogens (tertiary/aromatic N) is 2. The topological polar surface area (TPSA) is 47.6 Å². The molecule has 0 aliphatic carbocycles. The minimum Gasteiger partial charge on any atom is -0.352 e. The Labute approximate surface area is 176 Å². The smallest absolute Gasteiger partial charge is 0.223 e. The molecule has 0 radical (unpaired) electrons. The van der Waals surface area contributed by atoms with Gasteiger partial charge in [0, 0.05) is 24.5 Å². The second-order valence-corrected chi connectivity index (χ2v) is 9.17. The number of rotatable bonds is 7. The molecule has 0 saturated carbocycles. The molecule has 1 aromatic rings. The van der Waals surface area contributed by atoms with Crippen LogP contribution in [0.15, 0.2) is 30.3 Å². The van der Waals surface area contributed by atoms with E-state index >= 15 is 0 Å². The highest BCUT2D eigenvalue weighted by Gasteiger charge is 2.31. The Morgan fingerprint density at radius 3 is 2.45 bits per heavy atom. The summed E-state index contributed by atoms with van der Waals surface area (Å²) in [6.07, 6.45) is 8.16. The fourth-order valence-electron chi connectivity index (χ4n) is 5.28. The summed E-state index contributed by atoms with van der Waals surface area (Å²) in [7, 11) is 0. The van der Waals surface area contributed by atoms with Crippen molar-refractivity contribution in [2.24, 2.45) is 5.92 Å². The molecular weight excluding hydrogens is 360 g/mol. The number of aryl methyl sites for hydroxylation is 1. The Bertz CT molecular complexity index is 615. The number of hydrogen-bond acceptors (Lipinski definition) is 4. The third-order valence-electron chi connectivity index (χ3n) is 7.16. The molecule has 2 N–H and O–H groups in total. The van der Waals surface area contributed by atoms with Crippen molar-refractivity contribution in [2.45, 2.75) is 57.0 Å². The van der Waals surface area contributed by atoms with E-state index in [1.54, 1.807) is 0 Å². The number of piperidine rings is 2. The molecule has 0 unspecified atom stereocenters. The predicted molar refractivity (Wildman–Crippen MR) is 118 cm³/mol. The highest BCUT2D eigenvalue weighted by molar-refractivity contribution is 5.79. The molecule has 0 aromatic heterocycles. The predicted octanol–water partition coefficient (Wildman–Crippen LogP) is 2.27. The largest absolute Gasteiger partial charge is 0.352 e. The zero-order valence-corrected chi connectivity index (χ0v) is 17.8. The molecule has 3 heterocycles. The zero-order chi connectivity index (χ0) is 19.9. The third kappa shape index (κ3) is 6.03. The molecule has 5 nitrogen and oxygen atoms in total. The summed E-state index contributed by atoms with van der Waals surface area (Å²) >= 11 is 0. The average molecular weight is 399 g/mol. The van der Waals surface area contributed by atoms with Gasteiger partial charge in [-0.1, -0.05) is 30.3 Å². The van der Waals surface area contributed by atoms with Gasteiger partial charge in [0.15, 0.2) is 0 Å². The van der Waals surface area contributed by atoms with Gasteiger partial charge in [-0.2, -0.15) is 0 Å². The van der Waals surface area contributed by atoms with Gasteiger partial charge >= 0.3 is 0 Å². The van der Waals surface area contributed by atoms with Crippen LogP contribution in [0.5, 0.6) is 0 Å². The first-order valence-corrected chi connectivity index (χ1v) is 11.8. The van der Waals surface area contributed by atoms with Crippen molar-refractivity contribution in [3.63, 3.8) is 0 Å². The normalized spacial score (nSPS) is 25.3. The number of carbonyl (C=O) groups excluding carboxylic acids is 1. The lowest BCUT2D eigenvalue weighted by molar-refractivity contribution is -0.127. The van der Waals surface area contributed by atoms with Crippen LogP contribution in [0.25, 0.3) is 0 Å². The SMILES string of the molecule is O=C(N[C@H]1CCNC1)C1CCN(C2CCN(CCCc3ccccc3)CC2)CC1. The summed E-state index contributed by atoms with van der Waals surface area (Å²) in [6, 6.07) is 11.9. The van der Waals surface area contributed by atoms with Crippen LogP contribution < -0.4 is 10.6 Å². The standard InChI is InChI=1S/C24H38N4O/c29-24(26-22-8-13-25-19-22)21-9-17-28(18-10-21)23-11-15-27(16-12-23)14-4-7-20-5-2-1-3-6-20/h1-3,5-6,21-23,25H,4,7-19H2,(H,26,29)/t22-/m0/s1. The van der Waals surface area contributed by atoms with Gasteiger partial charge in [-0.15, -0.1) is 0 Å². The fraction of sp³-hybridized carbons (Fsp3) is 0.708. The van der Waals surface area contributed by atoms with E-state index in [0.717, 1.165) is 51.5 Å². The number of hydrogen-bond donors (Lipinski definition) is 2. The number of likely N-dealkylation sites (tertiary alicyclic amines) is 2. The summed E-state index contributed by atoms with van der Waals surface area (Å²) in [6.45, 7) is 7.85. The molecule has 4 rings (SSSR count). The summed E-state index contributed by atoms with van der Waals surface area (Å²) < 4.78 is 0. The highest BCUT2D eigenvalue weighted by atomic mass is 16.2. The molecule has 0 bridgehead atoms. The van der Waals surface area contributed by atoms with E-state index in [4.69, 9.17) is 0 Å². The van der Waals surface area contributed by atoms with Crippen LogP contribution in [-0.2, 0) is 11.2 Å². The quantitative estimate of drug-likeness (QED) is 0.740. The summed E-state index contributed by atoms with van der Waals surface area (Å²) in [5, 5.41) is 6.58. The maximum Gasteiger partial charge on any atom is 0.223 e. The first kappa shape index (κ1) is 20.8. The van der Waals surface area contributed by atoms with Crippen LogP contribution in [0, 0.1) is 5.92 Å². The van der Waals surface area contributed by atoms with Gasteiger partial charge in [0.1, 0.15) is 0 Å². The van der Waals surface area contributed by atoms with E-state index < -0.39 is 0 Å². The van der Waals surface area contributed by atoms with Crippen molar-refractivity contribution < 1.29 is 4.79 Å². The molecule has 3 saturated heterocycles. The van der Waals surface area contributed by atoms with E-state index in [-0.39, 0.29) is 5.92 Å². The van der Waals surface area contributed by atoms with Crippen LogP contribution in [0.3, 0.4) is 0 Å². The second kappa shape index (κ2) is 10.6. The van der Waals surface area contributed by atoms with Crippen molar-refractivity contribution in [1.82, 2.24) is 20.4 Å². The van der Waals surface area contributed by atoms with Crippen molar-refractivity contribution in [3.05, 3.63) is 35.9 Å². The van der Waals surface area contributed by atoms with Gasteiger partial charge in [0.05, 0.1) is 0 Å². The van der Waals surface area contributed by atoms with Crippen LogP contribution in [0.2, 0.25) is 0 Å². The minimum absolute atomic E-state index is 0.227. The second-order valence-electron chi connectivity index (χ2n) is 9.17. The Morgan fingerprint density at radius 2 is 1.76 bits per heavy atom. The Kier molecular flexibility index (Phi) is 7.58. The Hall–Kier alpha value is -1.43. The van der Waals surface area contributed by atoms with Crippen LogP contribution in [0.1, 0.15) is 44.1 Å². The number of benzene rings is 1. The highest BCUT2D eigenvalue weighted by Crippen LogP contribution is 2.24. The van der Waals surface area contributed by atoms with Crippen molar-refractivity contribution >= 4 is 5.91 Å². The molecular formula is C24H38N4O. The maximum atomic E-state index is 12.5. The summed E-state index contributed by atoms with van der Waals surface area (Å²) in [4.78, 5) is 17.8.